The van der Waals surface area contributed by atoms with Crippen molar-refractivity contribution < 1.29 is 4.74 Å². The first-order valence-corrected chi connectivity index (χ1v) is 5.46. The van der Waals surface area contributed by atoms with E-state index < -0.39 is 0 Å². The molecule has 1 aliphatic heterocycles. The molecule has 0 unspecified atom stereocenters. The Kier molecular flexibility index (Phi) is 4.35. The quantitative estimate of drug-likeness (QED) is 0.269. The molecule has 1 aliphatic rings. The molecule has 4 N–H and O–H groups in total. The number of ether oxygens (including phenoxy) is 1. The van der Waals surface area contributed by atoms with Gasteiger partial charge in [-0.05, 0) is 33.6 Å². The normalized spacial score (nSPS) is 21.5. The molecule has 0 aromatic heterocycles. The minimum absolute atomic E-state index is 0.0400. The van der Waals surface area contributed by atoms with Crippen molar-refractivity contribution in [2.75, 3.05) is 13.2 Å². The van der Waals surface area contributed by atoms with E-state index in [1.54, 1.807) is 0 Å². The van der Waals surface area contributed by atoms with Gasteiger partial charge in [0.15, 0.2) is 0 Å². The van der Waals surface area contributed by atoms with Gasteiger partial charge >= 0.3 is 0 Å². The van der Waals surface area contributed by atoms with E-state index in [9.17, 15) is 0 Å². The highest BCUT2D eigenvalue weighted by molar-refractivity contribution is 5.80. The molecule has 0 amide bonds. The number of aliphatic imine (C=N–C) groups is 1. The van der Waals surface area contributed by atoms with Crippen molar-refractivity contribution in [1.82, 2.24) is 10.7 Å². The monoisotopic (exact) mass is 214 g/mol. The first-order chi connectivity index (χ1) is 7.06. The summed E-state index contributed by atoms with van der Waals surface area (Å²) in [5.74, 6) is 6.08. The fourth-order valence-corrected chi connectivity index (χ4v) is 1.60. The molecule has 1 saturated heterocycles. The highest BCUT2D eigenvalue weighted by atomic mass is 16.5. The van der Waals surface area contributed by atoms with E-state index in [4.69, 9.17) is 10.6 Å². The van der Waals surface area contributed by atoms with E-state index in [0.29, 0.717) is 5.96 Å². The maximum atomic E-state index is 5.42. The Morgan fingerprint density at radius 2 is 2.00 bits per heavy atom. The number of rotatable bonds is 2. The molecule has 1 rings (SSSR count). The summed E-state index contributed by atoms with van der Waals surface area (Å²) in [6, 6.07) is 0.229. The van der Waals surface area contributed by atoms with Gasteiger partial charge in [0, 0.05) is 24.8 Å². The van der Waals surface area contributed by atoms with Crippen LogP contribution in [-0.4, -0.2) is 30.8 Å². The van der Waals surface area contributed by atoms with Crippen LogP contribution in [0, 0.1) is 0 Å². The lowest BCUT2D eigenvalue weighted by atomic mass is 9.93. The van der Waals surface area contributed by atoms with Crippen LogP contribution in [0.3, 0.4) is 0 Å². The molecule has 1 heterocycles. The minimum Gasteiger partial charge on any atom is -0.381 e. The number of hydrazine groups is 1. The van der Waals surface area contributed by atoms with Crippen molar-refractivity contribution in [2.24, 2.45) is 10.8 Å². The predicted octanol–water partition coefficient (Wildman–Crippen LogP) is 0.373. The van der Waals surface area contributed by atoms with Gasteiger partial charge in [-0.15, -0.1) is 0 Å². The number of nitrogens with one attached hydrogen (secondary N) is 2. The van der Waals surface area contributed by atoms with Gasteiger partial charge in [0.1, 0.15) is 0 Å². The first kappa shape index (κ1) is 12.3. The summed E-state index contributed by atoms with van der Waals surface area (Å²) < 4.78 is 5.33. The molecule has 0 atom stereocenters. The molecule has 0 bridgehead atoms. The summed E-state index contributed by atoms with van der Waals surface area (Å²) in [4.78, 5) is 4.36. The molecule has 0 radical (unpaired) electrons. The molecule has 0 spiro atoms. The lowest BCUT2D eigenvalue weighted by Crippen LogP contribution is -2.55. The van der Waals surface area contributed by atoms with Crippen molar-refractivity contribution in [1.29, 1.82) is 0 Å². The Morgan fingerprint density at radius 3 is 2.47 bits per heavy atom. The second-order valence-electron chi connectivity index (χ2n) is 4.51. The lowest BCUT2D eigenvalue weighted by molar-refractivity contribution is 0.0521. The second-order valence-corrected chi connectivity index (χ2v) is 4.51. The average Bonchev–Trinajstić information content (AvgIpc) is 2.16. The van der Waals surface area contributed by atoms with E-state index >= 15 is 0 Å². The number of hydrogen-bond acceptors (Lipinski definition) is 3. The molecular formula is C10H22N4O. The molecule has 5 nitrogen and oxygen atoms in total. The van der Waals surface area contributed by atoms with Gasteiger partial charge in [-0.25, -0.2) is 10.8 Å². The largest absolute Gasteiger partial charge is 0.381 e. The highest BCUT2D eigenvalue weighted by Crippen LogP contribution is 2.19. The maximum Gasteiger partial charge on any atom is 0.206 e. The van der Waals surface area contributed by atoms with Crippen LogP contribution in [-0.2, 0) is 4.74 Å². The Bertz CT molecular complexity index is 221. The Labute approximate surface area is 91.4 Å². The molecule has 88 valence electrons. The lowest BCUT2D eigenvalue weighted by Gasteiger charge is -2.35. The number of nitrogens with two attached hydrogens (primary N) is 1. The van der Waals surface area contributed by atoms with Gasteiger partial charge in [0.2, 0.25) is 5.96 Å². The van der Waals surface area contributed by atoms with Crippen molar-refractivity contribution in [2.45, 2.75) is 45.2 Å². The zero-order valence-corrected chi connectivity index (χ0v) is 9.84. The van der Waals surface area contributed by atoms with Gasteiger partial charge in [-0.1, -0.05) is 0 Å². The van der Waals surface area contributed by atoms with Crippen molar-refractivity contribution >= 4 is 5.96 Å². The van der Waals surface area contributed by atoms with Crippen LogP contribution in [0.25, 0.3) is 0 Å². The number of guanidine groups is 1. The van der Waals surface area contributed by atoms with Crippen LogP contribution >= 0.6 is 0 Å². The summed E-state index contributed by atoms with van der Waals surface area (Å²) >= 11 is 0. The fourth-order valence-electron chi connectivity index (χ4n) is 1.60. The second kappa shape index (κ2) is 5.32. The molecule has 0 aliphatic carbocycles. The zero-order chi connectivity index (χ0) is 11.3. The fraction of sp³-hybridized carbons (Fsp3) is 0.900. The van der Waals surface area contributed by atoms with Gasteiger partial charge in [-0.2, -0.15) is 0 Å². The van der Waals surface area contributed by atoms with Gasteiger partial charge in [-0.3, -0.25) is 5.43 Å². The van der Waals surface area contributed by atoms with E-state index in [-0.39, 0.29) is 11.6 Å². The number of hydrogen-bond donors (Lipinski definition) is 3. The van der Waals surface area contributed by atoms with Crippen LogP contribution in [0.2, 0.25) is 0 Å². The Morgan fingerprint density at radius 1 is 1.40 bits per heavy atom. The summed E-state index contributed by atoms with van der Waals surface area (Å²) in [5, 5.41) is 3.35. The summed E-state index contributed by atoms with van der Waals surface area (Å²) in [6.45, 7) is 7.80. The molecule has 0 saturated carbocycles. The predicted molar refractivity (Wildman–Crippen MR) is 61.5 cm³/mol. The average molecular weight is 214 g/mol. The molecule has 5 heteroatoms. The molecule has 0 aromatic carbocycles. The van der Waals surface area contributed by atoms with Crippen molar-refractivity contribution in [3.05, 3.63) is 0 Å². The van der Waals surface area contributed by atoms with Crippen molar-refractivity contribution in [3.63, 3.8) is 0 Å². The summed E-state index contributed by atoms with van der Waals surface area (Å²) in [5.41, 5.74) is 2.64. The molecule has 0 aromatic rings. The van der Waals surface area contributed by atoms with E-state index in [1.807, 2.05) is 13.8 Å². The van der Waals surface area contributed by atoms with E-state index in [0.717, 1.165) is 26.1 Å². The minimum atomic E-state index is 0.0400. The number of nitrogens with zero attached hydrogens (tertiary/aromatic N) is 1. The Balaban J connectivity index is 2.56. The third kappa shape index (κ3) is 4.05. The third-order valence-electron chi connectivity index (χ3n) is 2.54. The third-order valence-corrected chi connectivity index (χ3v) is 2.54. The molecule has 1 fully saturated rings. The molecule has 15 heavy (non-hydrogen) atoms. The van der Waals surface area contributed by atoms with Crippen molar-refractivity contribution in [3.8, 4) is 0 Å². The summed E-state index contributed by atoms with van der Waals surface area (Å²) in [6.07, 6.45) is 1.96. The Hall–Kier alpha value is -0.810. The SMILES string of the molecule is CC(C)N=C(NN)NC1(C)CCOCC1. The van der Waals surface area contributed by atoms with E-state index in [1.165, 1.54) is 0 Å². The van der Waals surface area contributed by atoms with Crippen LogP contribution < -0.4 is 16.6 Å². The van der Waals surface area contributed by atoms with Crippen LogP contribution in [0.1, 0.15) is 33.6 Å². The highest BCUT2D eigenvalue weighted by Gasteiger charge is 2.28. The van der Waals surface area contributed by atoms with Crippen LogP contribution in [0.15, 0.2) is 4.99 Å². The smallest absolute Gasteiger partial charge is 0.206 e. The van der Waals surface area contributed by atoms with Crippen LogP contribution in [0.4, 0.5) is 0 Å². The molecular weight excluding hydrogens is 192 g/mol. The topological polar surface area (TPSA) is 71.7 Å². The van der Waals surface area contributed by atoms with E-state index in [2.05, 4.69) is 22.7 Å². The maximum absolute atomic E-state index is 5.42. The van der Waals surface area contributed by atoms with Crippen LogP contribution in [0.5, 0.6) is 0 Å². The van der Waals surface area contributed by atoms with Gasteiger partial charge < -0.3 is 10.1 Å². The van der Waals surface area contributed by atoms with Gasteiger partial charge in [0.25, 0.3) is 0 Å². The standard InChI is InChI=1S/C10H22N4O/c1-8(2)12-9(14-11)13-10(3)4-6-15-7-5-10/h8H,4-7,11H2,1-3H3,(H2,12,13,14). The van der Waals surface area contributed by atoms with Gasteiger partial charge in [0.05, 0.1) is 0 Å². The first-order valence-electron chi connectivity index (χ1n) is 5.46. The zero-order valence-electron chi connectivity index (χ0n) is 9.84. The summed E-state index contributed by atoms with van der Waals surface area (Å²) in [7, 11) is 0.